The van der Waals surface area contributed by atoms with Crippen LogP contribution in [0.5, 0.6) is 5.75 Å². The monoisotopic (exact) mass is 478 g/mol. The third kappa shape index (κ3) is 7.76. The molecular formula is C27H27ClN2O4. The van der Waals surface area contributed by atoms with Crippen molar-refractivity contribution in [3.05, 3.63) is 106 Å². The van der Waals surface area contributed by atoms with Crippen LogP contribution in [0.1, 0.15) is 27.0 Å². The Morgan fingerprint density at radius 3 is 2.29 bits per heavy atom. The van der Waals surface area contributed by atoms with Crippen LogP contribution < -0.4 is 15.4 Å². The fraction of sp³-hybridized carbons (Fsp3) is 0.185. The molecule has 0 unspecified atom stereocenters. The van der Waals surface area contributed by atoms with E-state index in [0.717, 1.165) is 6.42 Å². The van der Waals surface area contributed by atoms with E-state index in [-0.39, 0.29) is 18.8 Å². The number of halogens is 1. The van der Waals surface area contributed by atoms with Crippen LogP contribution >= 0.6 is 11.6 Å². The van der Waals surface area contributed by atoms with Crippen LogP contribution in [0.2, 0.25) is 5.02 Å². The van der Waals surface area contributed by atoms with Crippen LogP contribution in [-0.2, 0) is 11.2 Å². The van der Waals surface area contributed by atoms with E-state index in [4.69, 9.17) is 21.4 Å². The van der Waals surface area contributed by atoms with E-state index in [1.807, 2.05) is 0 Å². The fourth-order valence-corrected chi connectivity index (χ4v) is 3.21. The van der Waals surface area contributed by atoms with Crippen LogP contribution in [-0.4, -0.2) is 36.7 Å². The third-order valence-electron chi connectivity index (χ3n) is 4.97. The SMILES string of the molecule is Cc1ccc(CCOc2ccc(C(=O)N/C(=C\c3ccc(Cl)cc3)C(=O)NCCO)cc2)cc1. The minimum Gasteiger partial charge on any atom is -0.493 e. The highest BCUT2D eigenvalue weighted by atomic mass is 35.5. The second-order valence-corrected chi connectivity index (χ2v) is 8.09. The Bertz CT molecular complexity index is 1120. The highest BCUT2D eigenvalue weighted by Crippen LogP contribution is 2.15. The smallest absolute Gasteiger partial charge is 0.267 e. The number of aliphatic hydroxyl groups is 1. The molecule has 0 radical (unpaired) electrons. The van der Waals surface area contributed by atoms with Crippen molar-refractivity contribution >= 4 is 29.5 Å². The molecular weight excluding hydrogens is 452 g/mol. The van der Waals surface area contributed by atoms with Crippen LogP contribution in [0.15, 0.2) is 78.5 Å². The van der Waals surface area contributed by atoms with Gasteiger partial charge in [-0.1, -0.05) is 53.6 Å². The average Bonchev–Trinajstić information content (AvgIpc) is 2.85. The van der Waals surface area contributed by atoms with Gasteiger partial charge in [-0.05, 0) is 60.5 Å². The summed E-state index contributed by atoms with van der Waals surface area (Å²) in [7, 11) is 0. The second-order valence-electron chi connectivity index (χ2n) is 7.65. The number of aryl methyl sites for hydroxylation is 1. The second kappa shape index (κ2) is 12.6. The molecule has 0 fully saturated rings. The van der Waals surface area contributed by atoms with E-state index in [1.165, 1.54) is 11.1 Å². The summed E-state index contributed by atoms with van der Waals surface area (Å²) in [6.45, 7) is 2.43. The number of carbonyl (C=O) groups excluding carboxylic acids is 2. The molecule has 0 saturated heterocycles. The lowest BCUT2D eigenvalue weighted by molar-refractivity contribution is -0.117. The maximum absolute atomic E-state index is 12.8. The Morgan fingerprint density at radius 2 is 1.65 bits per heavy atom. The summed E-state index contributed by atoms with van der Waals surface area (Å²) in [6, 6.07) is 21.9. The van der Waals surface area contributed by atoms with Crippen LogP contribution in [0.3, 0.4) is 0 Å². The number of benzene rings is 3. The molecule has 0 aromatic heterocycles. The van der Waals surface area contributed by atoms with E-state index in [2.05, 4.69) is 41.8 Å². The topological polar surface area (TPSA) is 87.7 Å². The minimum absolute atomic E-state index is 0.0548. The molecule has 0 heterocycles. The van der Waals surface area contributed by atoms with Crippen LogP contribution in [0.25, 0.3) is 6.08 Å². The first-order valence-corrected chi connectivity index (χ1v) is 11.3. The molecule has 3 N–H and O–H groups in total. The van der Waals surface area contributed by atoms with Crippen molar-refractivity contribution in [2.24, 2.45) is 0 Å². The Labute approximate surface area is 204 Å². The Balaban J connectivity index is 1.63. The van der Waals surface area contributed by atoms with E-state index in [9.17, 15) is 9.59 Å². The molecule has 3 rings (SSSR count). The molecule has 3 aromatic rings. The summed E-state index contributed by atoms with van der Waals surface area (Å²) in [4.78, 5) is 25.3. The predicted molar refractivity (Wildman–Crippen MR) is 134 cm³/mol. The number of ether oxygens (including phenoxy) is 1. The zero-order valence-electron chi connectivity index (χ0n) is 18.9. The number of amides is 2. The maximum Gasteiger partial charge on any atom is 0.267 e. The Hall–Kier alpha value is -3.61. The minimum atomic E-state index is -0.506. The molecule has 0 saturated carbocycles. The van der Waals surface area contributed by atoms with Crippen molar-refractivity contribution in [3.63, 3.8) is 0 Å². The van der Waals surface area contributed by atoms with Crippen molar-refractivity contribution in [2.45, 2.75) is 13.3 Å². The number of hydrogen-bond donors (Lipinski definition) is 3. The summed E-state index contributed by atoms with van der Waals surface area (Å²) < 4.78 is 5.79. The fourth-order valence-electron chi connectivity index (χ4n) is 3.09. The molecule has 0 bridgehead atoms. The van der Waals surface area contributed by atoms with Gasteiger partial charge >= 0.3 is 0 Å². The predicted octanol–water partition coefficient (Wildman–Crippen LogP) is 4.15. The van der Waals surface area contributed by atoms with Gasteiger partial charge in [-0.2, -0.15) is 0 Å². The molecule has 34 heavy (non-hydrogen) atoms. The molecule has 7 heteroatoms. The number of carbonyl (C=O) groups is 2. The van der Waals surface area contributed by atoms with Crippen molar-refractivity contribution in [3.8, 4) is 5.75 Å². The first-order chi connectivity index (χ1) is 16.4. The van der Waals surface area contributed by atoms with Gasteiger partial charge in [-0.3, -0.25) is 9.59 Å². The number of aliphatic hydroxyl groups excluding tert-OH is 1. The van der Waals surface area contributed by atoms with Gasteiger partial charge in [0.25, 0.3) is 11.8 Å². The van der Waals surface area contributed by atoms with Gasteiger partial charge in [-0.15, -0.1) is 0 Å². The third-order valence-corrected chi connectivity index (χ3v) is 5.22. The van der Waals surface area contributed by atoms with Crippen molar-refractivity contribution < 1.29 is 19.4 Å². The zero-order valence-corrected chi connectivity index (χ0v) is 19.6. The summed E-state index contributed by atoms with van der Waals surface area (Å²) in [5.41, 5.74) is 3.54. The molecule has 0 atom stereocenters. The zero-order chi connectivity index (χ0) is 24.3. The molecule has 0 spiro atoms. The lowest BCUT2D eigenvalue weighted by Crippen LogP contribution is -2.36. The highest BCUT2D eigenvalue weighted by Gasteiger charge is 2.14. The highest BCUT2D eigenvalue weighted by molar-refractivity contribution is 6.30. The normalized spacial score (nSPS) is 11.1. The van der Waals surface area contributed by atoms with Crippen molar-refractivity contribution in [2.75, 3.05) is 19.8 Å². The van der Waals surface area contributed by atoms with Crippen molar-refractivity contribution in [1.29, 1.82) is 0 Å². The first kappa shape index (κ1) is 25.0. The van der Waals surface area contributed by atoms with Gasteiger partial charge in [0.15, 0.2) is 0 Å². The maximum atomic E-state index is 12.8. The molecule has 0 aliphatic heterocycles. The summed E-state index contributed by atoms with van der Waals surface area (Å²) >= 11 is 5.92. The van der Waals surface area contributed by atoms with Crippen LogP contribution in [0, 0.1) is 6.92 Å². The molecule has 0 aliphatic carbocycles. The van der Waals surface area contributed by atoms with E-state index >= 15 is 0 Å². The lowest BCUT2D eigenvalue weighted by Gasteiger charge is -2.11. The Kier molecular flexibility index (Phi) is 9.26. The van der Waals surface area contributed by atoms with E-state index in [1.54, 1.807) is 54.6 Å². The lowest BCUT2D eigenvalue weighted by atomic mass is 10.1. The average molecular weight is 479 g/mol. The number of hydrogen-bond acceptors (Lipinski definition) is 4. The molecule has 3 aromatic carbocycles. The van der Waals surface area contributed by atoms with Gasteiger partial charge in [0, 0.05) is 23.6 Å². The molecule has 176 valence electrons. The van der Waals surface area contributed by atoms with E-state index in [0.29, 0.717) is 28.5 Å². The van der Waals surface area contributed by atoms with E-state index < -0.39 is 11.8 Å². The summed E-state index contributed by atoms with van der Waals surface area (Å²) in [6.07, 6.45) is 2.33. The summed E-state index contributed by atoms with van der Waals surface area (Å²) in [5, 5.41) is 14.8. The standard InChI is InChI=1S/C27H27ClN2O4/c1-19-2-4-20(5-3-19)14-17-34-24-12-8-22(9-13-24)26(32)30-25(27(33)29-15-16-31)18-21-6-10-23(28)11-7-21/h2-13,18,31H,14-17H2,1H3,(H,29,33)(H,30,32)/b25-18-. The molecule has 0 aliphatic rings. The van der Waals surface area contributed by atoms with Gasteiger partial charge in [0.1, 0.15) is 11.4 Å². The van der Waals surface area contributed by atoms with Gasteiger partial charge in [0.05, 0.1) is 13.2 Å². The number of rotatable bonds is 10. The molecule has 6 nitrogen and oxygen atoms in total. The van der Waals surface area contributed by atoms with Gasteiger partial charge in [-0.25, -0.2) is 0 Å². The number of nitrogens with one attached hydrogen (secondary N) is 2. The largest absolute Gasteiger partial charge is 0.493 e. The quantitative estimate of drug-likeness (QED) is 0.382. The molecule has 2 amide bonds. The van der Waals surface area contributed by atoms with Crippen molar-refractivity contribution in [1.82, 2.24) is 10.6 Å². The van der Waals surface area contributed by atoms with Gasteiger partial charge in [0.2, 0.25) is 0 Å². The van der Waals surface area contributed by atoms with Gasteiger partial charge < -0.3 is 20.5 Å². The van der Waals surface area contributed by atoms with Crippen LogP contribution in [0.4, 0.5) is 0 Å². The first-order valence-electron chi connectivity index (χ1n) is 10.9. The summed E-state index contributed by atoms with van der Waals surface area (Å²) in [5.74, 6) is -0.291. The Morgan fingerprint density at radius 1 is 0.971 bits per heavy atom.